The minimum Gasteiger partial charge on any atom is -0.337 e. The molecule has 0 saturated carbocycles. The number of halogens is 1. The van der Waals surface area contributed by atoms with Crippen molar-refractivity contribution < 1.29 is 9.59 Å². The predicted octanol–water partition coefficient (Wildman–Crippen LogP) is 1.20. The summed E-state index contributed by atoms with van der Waals surface area (Å²) in [7, 11) is 0. The van der Waals surface area contributed by atoms with Gasteiger partial charge in [0.15, 0.2) is 0 Å². The zero-order valence-electron chi connectivity index (χ0n) is 11.0. The zero-order valence-corrected chi connectivity index (χ0v) is 11.7. The Hall–Kier alpha value is -1.75. The number of rotatable bonds is 2. The van der Waals surface area contributed by atoms with Gasteiger partial charge in [0.1, 0.15) is 5.38 Å². The Balaban J connectivity index is 1.68. The maximum absolute atomic E-state index is 12.4. The molecule has 0 bridgehead atoms. The highest BCUT2D eigenvalue weighted by Crippen LogP contribution is 2.24. The molecule has 3 amide bonds. The van der Waals surface area contributed by atoms with Gasteiger partial charge in [0, 0.05) is 26.2 Å². The molecule has 2 fully saturated rings. The number of hydrogen-bond donors (Lipinski definition) is 1. The van der Waals surface area contributed by atoms with E-state index in [2.05, 4.69) is 5.32 Å². The number of nitrogens with zero attached hydrogens (tertiary/aromatic N) is 2. The molecule has 2 aliphatic heterocycles. The number of piperazine rings is 1. The van der Waals surface area contributed by atoms with Gasteiger partial charge in [0.25, 0.3) is 0 Å². The predicted molar refractivity (Wildman–Crippen MR) is 75.5 cm³/mol. The fourth-order valence-electron chi connectivity index (χ4n) is 2.73. The van der Waals surface area contributed by atoms with E-state index in [1.165, 1.54) is 0 Å². The van der Waals surface area contributed by atoms with Crippen LogP contribution in [0.1, 0.15) is 10.9 Å². The lowest BCUT2D eigenvalue weighted by Gasteiger charge is -2.37. The van der Waals surface area contributed by atoms with Crippen LogP contribution in [0.4, 0.5) is 4.79 Å². The van der Waals surface area contributed by atoms with E-state index in [0.29, 0.717) is 26.2 Å². The zero-order chi connectivity index (χ0) is 14.1. The highest BCUT2D eigenvalue weighted by Gasteiger charge is 2.38. The van der Waals surface area contributed by atoms with Crippen LogP contribution < -0.4 is 5.32 Å². The lowest BCUT2D eigenvalue weighted by molar-refractivity contribution is -0.133. The van der Waals surface area contributed by atoms with Crippen molar-refractivity contribution in [3.63, 3.8) is 0 Å². The van der Waals surface area contributed by atoms with Crippen LogP contribution in [-0.2, 0) is 4.79 Å². The van der Waals surface area contributed by atoms with Crippen LogP contribution >= 0.6 is 11.6 Å². The molecule has 6 heteroatoms. The molecule has 0 aromatic heterocycles. The first-order chi connectivity index (χ1) is 9.66. The third-order valence-electron chi connectivity index (χ3n) is 3.85. The molecule has 5 nitrogen and oxygen atoms in total. The van der Waals surface area contributed by atoms with Crippen molar-refractivity contribution in [2.75, 3.05) is 26.2 Å². The quantitative estimate of drug-likeness (QED) is 0.833. The highest BCUT2D eigenvalue weighted by atomic mass is 35.5. The second kappa shape index (κ2) is 5.32. The fraction of sp³-hybridized carbons (Fsp3) is 0.429. The van der Waals surface area contributed by atoms with Gasteiger partial charge in [-0.05, 0) is 5.56 Å². The van der Waals surface area contributed by atoms with Crippen molar-refractivity contribution in [2.24, 2.45) is 0 Å². The van der Waals surface area contributed by atoms with Gasteiger partial charge in [-0.2, -0.15) is 0 Å². The minimum atomic E-state index is -0.659. The summed E-state index contributed by atoms with van der Waals surface area (Å²) >= 11 is 6.27. The number of carbonyl (C=O) groups excluding carboxylic acids is 2. The maximum Gasteiger partial charge on any atom is 0.317 e. The third-order valence-corrected chi connectivity index (χ3v) is 4.29. The first-order valence-electron chi connectivity index (χ1n) is 6.69. The Labute approximate surface area is 122 Å². The SMILES string of the molecule is O=C(C(Cl)c1ccccc1)N1CCN2C(=O)NCC2C1. The van der Waals surface area contributed by atoms with E-state index in [9.17, 15) is 9.59 Å². The Morgan fingerprint density at radius 3 is 2.80 bits per heavy atom. The molecule has 2 unspecified atom stereocenters. The molecule has 106 valence electrons. The smallest absolute Gasteiger partial charge is 0.317 e. The number of carbonyl (C=O) groups is 2. The van der Waals surface area contributed by atoms with Crippen LogP contribution in [0.25, 0.3) is 0 Å². The summed E-state index contributed by atoms with van der Waals surface area (Å²) in [5.74, 6) is -0.0862. The monoisotopic (exact) mass is 293 g/mol. The van der Waals surface area contributed by atoms with Crippen molar-refractivity contribution in [1.29, 1.82) is 0 Å². The number of alkyl halides is 1. The van der Waals surface area contributed by atoms with E-state index < -0.39 is 5.38 Å². The molecule has 2 aliphatic rings. The largest absolute Gasteiger partial charge is 0.337 e. The molecular formula is C14H16ClN3O2. The molecule has 1 N–H and O–H groups in total. The standard InChI is InChI=1S/C14H16ClN3O2/c15-12(10-4-2-1-3-5-10)13(19)17-6-7-18-11(9-17)8-16-14(18)20/h1-5,11-12H,6-9H2,(H,16,20). The van der Waals surface area contributed by atoms with Gasteiger partial charge in [-0.3, -0.25) is 4.79 Å². The van der Waals surface area contributed by atoms with Crippen LogP contribution in [0.5, 0.6) is 0 Å². The van der Waals surface area contributed by atoms with E-state index >= 15 is 0 Å². The Kier molecular flexibility index (Phi) is 3.53. The molecule has 3 rings (SSSR count). The van der Waals surface area contributed by atoms with Crippen molar-refractivity contribution in [3.8, 4) is 0 Å². The highest BCUT2D eigenvalue weighted by molar-refractivity contribution is 6.30. The second-order valence-electron chi connectivity index (χ2n) is 5.09. The maximum atomic E-state index is 12.4. The van der Waals surface area contributed by atoms with Gasteiger partial charge in [-0.15, -0.1) is 11.6 Å². The first kappa shape index (κ1) is 13.2. The molecule has 0 spiro atoms. The average molecular weight is 294 g/mol. The molecule has 20 heavy (non-hydrogen) atoms. The fourth-order valence-corrected chi connectivity index (χ4v) is 3.01. The van der Waals surface area contributed by atoms with Crippen molar-refractivity contribution in [2.45, 2.75) is 11.4 Å². The van der Waals surface area contributed by atoms with Crippen molar-refractivity contribution in [1.82, 2.24) is 15.1 Å². The lowest BCUT2D eigenvalue weighted by Crippen LogP contribution is -2.54. The van der Waals surface area contributed by atoms with Gasteiger partial charge in [-0.1, -0.05) is 30.3 Å². The summed E-state index contributed by atoms with van der Waals surface area (Å²) in [6.45, 7) is 2.26. The van der Waals surface area contributed by atoms with Crippen LogP contribution in [0.3, 0.4) is 0 Å². The molecule has 1 aromatic carbocycles. The molecule has 2 heterocycles. The summed E-state index contributed by atoms with van der Waals surface area (Å²) in [5.41, 5.74) is 0.808. The van der Waals surface area contributed by atoms with Gasteiger partial charge < -0.3 is 15.1 Å². The van der Waals surface area contributed by atoms with E-state index in [-0.39, 0.29) is 18.0 Å². The topological polar surface area (TPSA) is 52.7 Å². The van der Waals surface area contributed by atoms with E-state index in [1.54, 1.807) is 9.80 Å². The van der Waals surface area contributed by atoms with Gasteiger partial charge in [0.2, 0.25) is 5.91 Å². The molecule has 1 aromatic rings. The Morgan fingerprint density at radius 1 is 1.30 bits per heavy atom. The third kappa shape index (κ3) is 2.33. The number of nitrogens with one attached hydrogen (secondary N) is 1. The molecular weight excluding hydrogens is 278 g/mol. The number of benzene rings is 1. The molecule has 2 saturated heterocycles. The average Bonchev–Trinajstić information content (AvgIpc) is 2.87. The lowest BCUT2D eigenvalue weighted by atomic mass is 10.1. The van der Waals surface area contributed by atoms with Gasteiger partial charge in [-0.25, -0.2) is 4.79 Å². The molecule has 2 atom stereocenters. The van der Waals surface area contributed by atoms with Crippen LogP contribution in [0.15, 0.2) is 30.3 Å². The molecule has 0 radical (unpaired) electrons. The van der Waals surface area contributed by atoms with Gasteiger partial charge in [0.05, 0.1) is 6.04 Å². The van der Waals surface area contributed by atoms with Crippen LogP contribution in [0, 0.1) is 0 Å². The summed E-state index contributed by atoms with van der Waals surface area (Å²) in [6.07, 6.45) is 0. The van der Waals surface area contributed by atoms with Gasteiger partial charge >= 0.3 is 6.03 Å². The normalized spacial score (nSPS) is 23.2. The Bertz CT molecular complexity index is 522. The van der Waals surface area contributed by atoms with Crippen LogP contribution in [0.2, 0.25) is 0 Å². The summed E-state index contributed by atoms with van der Waals surface area (Å²) in [4.78, 5) is 27.5. The van der Waals surface area contributed by atoms with Crippen molar-refractivity contribution in [3.05, 3.63) is 35.9 Å². The number of hydrogen-bond acceptors (Lipinski definition) is 2. The van der Waals surface area contributed by atoms with E-state index in [0.717, 1.165) is 5.56 Å². The number of urea groups is 1. The van der Waals surface area contributed by atoms with Crippen LogP contribution in [-0.4, -0.2) is 54.0 Å². The summed E-state index contributed by atoms with van der Waals surface area (Å²) in [6, 6.07) is 9.38. The minimum absolute atomic E-state index is 0.0346. The first-order valence-corrected chi connectivity index (χ1v) is 7.13. The Morgan fingerprint density at radius 2 is 2.05 bits per heavy atom. The summed E-state index contributed by atoms with van der Waals surface area (Å²) in [5, 5.41) is 2.14. The number of fused-ring (bicyclic) bond motifs is 1. The second-order valence-corrected chi connectivity index (χ2v) is 5.53. The van der Waals surface area contributed by atoms with Crippen molar-refractivity contribution >= 4 is 23.5 Å². The number of amides is 3. The van der Waals surface area contributed by atoms with E-state index in [1.807, 2.05) is 30.3 Å². The molecule has 0 aliphatic carbocycles. The summed E-state index contributed by atoms with van der Waals surface area (Å²) < 4.78 is 0. The van der Waals surface area contributed by atoms with E-state index in [4.69, 9.17) is 11.6 Å².